The minimum atomic E-state index is -0.633. The van der Waals surface area contributed by atoms with E-state index in [9.17, 15) is 15.0 Å². The number of rotatable bonds is 4. The summed E-state index contributed by atoms with van der Waals surface area (Å²) in [5.74, 6) is 0. The predicted molar refractivity (Wildman–Crippen MR) is 75.0 cm³/mol. The second-order valence-corrected chi connectivity index (χ2v) is 5.26. The van der Waals surface area contributed by atoms with Gasteiger partial charge in [0.05, 0.1) is 18.2 Å². The van der Waals surface area contributed by atoms with Crippen molar-refractivity contribution in [2.75, 3.05) is 19.0 Å². The van der Waals surface area contributed by atoms with Crippen LogP contribution in [0.4, 0.5) is 10.5 Å². The van der Waals surface area contributed by atoms with Crippen LogP contribution in [0, 0.1) is 0 Å². The smallest absolute Gasteiger partial charge is 0.322 e. The molecule has 3 N–H and O–H groups in total. The average molecular weight is 266 g/mol. The summed E-state index contributed by atoms with van der Waals surface area (Å²) in [6.07, 6.45) is -0.580. The first-order chi connectivity index (χ1) is 8.77. The van der Waals surface area contributed by atoms with Crippen LogP contribution in [0.5, 0.6) is 0 Å². The number of carbonyl (C=O) groups excluding carboxylic acids is 1. The molecule has 0 fully saturated rings. The Morgan fingerprint density at radius 3 is 2.63 bits per heavy atom. The molecular weight excluding hydrogens is 244 g/mol. The Hall–Kier alpha value is -1.59. The first-order valence-electron chi connectivity index (χ1n) is 6.21. The summed E-state index contributed by atoms with van der Waals surface area (Å²) in [6.45, 7) is 5.10. The fourth-order valence-electron chi connectivity index (χ4n) is 1.46. The van der Waals surface area contributed by atoms with E-state index in [1.165, 1.54) is 4.90 Å². The van der Waals surface area contributed by atoms with E-state index in [2.05, 4.69) is 5.32 Å². The van der Waals surface area contributed by atoms with Crippen LogP contribution in [-0.4, -0.2) is 40.3 Å². The summed E-state index contributed by atoms with van der Waals surface area (Å²) in [4.78, 5) is 13.5. The van der Waals surface area contributed by atoms with Crippen LogP contribution in [-0.2, 0) is 0 Å². The van der Waals surface area contributed by atoms with E-state index in [1.54, 1.807) is 52.1 Å². The maximum Gasteiger partial charge on any atom is 0.322 e. The Balaban J connectivity index is 2.80. The molecule has 1 rings (SSSR count). The molecule has 1 atom stereocenters. The second kappa shape index (κ2) is 6.04. The zero-order valence-corrected chi connectivity index (χ0v) is 11.8. The van der Waals surface area contributed by atoms with Crippen molar-refractivity contribution >= 4 is 11.7 Å². The van der Waals surface area contributed by atoms with Crippen LogP contribution in [0.15, 0.2) is 24.3 Å². The van der Waals surface area contributed by atoms with Gasteiger partial charge in [0.2, 0.25) is 0 Å². The molecule has 0 aliphatic heterocycles. The number of nitrogens with one attached hydrogen (secondary N) is 1. The Kier molecular flexibility index (Phi) is 4.91. The lowest BCUT2D eigenvalue weighted by atomic mass is 10.1. The van der Waals surface area contributed by atoms with Crippen molar-refractivity contribution < 1.29 is 15.0 Å². The number of aliphatic hydroxyl groups is 2. The summed E-state index contributed by atoms with van der Waals surface area (Å²) in [5.41, 5.74) is 0.720. The molecule has 0 bridgehead atoms. The molecule has 1 aromatic rings. The molecule has 1 aromatic carbocycles. The van der Waals surface area contributed by atoms with Gasteiger partial charge in [0.1, 0.15) is 0 Å². The minimum absolute atomic E-state index is 0.120. The summed E-state index contributed by atoms with van der Waals surface area (Å²) in [7, 11) is 1.63. The van der Waals surface area contributed by atoms with Gasteiger partial charge in [-0.05, 0) is 38.5 Å². The van der Waals surface area contributed by atoms with Crippen molar-refractivity contribution in [2.45, 2.75) is 32.4 Å². The molecule has 106 valence electrons. The van der Waals surface area contributed by atoms with Crippen molar-refractivity contribution in [3.8, 4) is 0 Å². The monoisotopic (exact) mass is 266 g/mol. The Morgan fingerprint density at radius 1 is 1.47 bits per heavy atom. The number of likely N-dealkylation sites (N-methyl/N-ethyl adjacent to an activating group) is 1. The van der Waals surface area contributed by atoms with E-state index < -0.39 is 11.6 Å². The van der Waals surface area contributed by atoms with Gasteiger partial charge in [-0.1, -0.05) is 12.1 Å². The van der Waals surface area contributed by atoms with Crippen molar-refractivity contribution in [3.63, 3.8) is 0 Å². The maximum atomic E-state index is 12.0. The number of urea groups is 1. The predicted octanol–water partition coefficient (Wildman–Crippen LogP) is 1.97. The lowest BCUT2D eigenvalue weighted by molar-refractivity contribution is 0.104. The minimum Gasteiger partial charge on any atom is -0.394 e. The van der Waals surface area contributed by atoms with E-state index in [0.717, 1.165) is 5.56 Å². The summed E-state index contributed by atoms with van der Waals surface area (Å²) in [5, 5.41) is 21.5. The maximum absolute atomic E-state index is 12.0. The molecule has 5 heteroatoms. The van der Waals surface area contributed by atoms with Crippen molar-refractivity contribution in [2.24, 2.45) is 0 Å². The first-order valence-corrected chi connectivity index (χ1v) is 6.21. The number of nitrogens with zero attached hydrogens (tertiary/aromatic N) is 1. The zero-order chi connectivity index (χ0) is 14.6. The highest BCUT2D eigenvalue weighted by Gasteiger charge is 2.26. The van der Waals surface area contributed by atoms with Crippen LogP contribution in [0.3, 0.4) is 0 Å². The number of amides is 2. The van der Waals surface area contributed by atoms with Gasteiger partial charge < -0.3 is 20.4 Å². The number of hydrogen-bond donors (Lipinski definition) is 3. The topological polar surface area (TPSA) is 72.8 Å². The first kappa shape index (κ1) is 15.5. The van der Waals surface area contributed by atoms with Crippen LogP contribution in [0.25, 0.3) is 0 Å². The second-order valence-electron chi connectivity index (χ2n) is 5.26. The van der Waals surface area contributed by atoms with E-state index in [0.29, 0.717) is 5.69 Å². The molecule has 0 aromatic heterocycles. The highest BCUT2D eigenvalue weighted by molar-refractivity contribution is 5.89. The van der Waals surface area contributed by atoms with Gasteiger partial charge in [-0.15, -0.1) is 0 Å². The van der Waals surface area contributed by atoms with Crippen LogP contribution >= 0.6 is 0 Å². The van der Waals surface area contributed by atoms with E-state index in [-0.39, 0.29) is 12.6 Å². The van der Waals surface area contributed by atoms with Gasteiger partial charge in [-0.2, -0.15) is 0 Å². The van der Waals surface area contributed by atoms with Gasteiger partial charge in [0, 0.05) is 12.7 Å². The molecule has 19 heavy (non-hydrogen) atoms. The van der Waals surface area contributed by atoms with E-state index in [1.807, 2.05) is 0 Å². The number of benzene rings is 1. The lowest BCUT2D eigenvalue weighted by Crippen LogP contribution is -2.49. The fourth-order valence-corrected chi connectivity index (χ4v) is 1.46. The third kappa shape index (κ3) is 3.94. The number of aliphatic hydroxyl groups excluding tert-OH is 2. The van der Waals surface area contributed by atoms with Crippen molar-refractivity contribution in [1.82, 2.24) is 4.90 Å². The highest BCUT2D eigenvalue weighted by atomic mass is 16.3. The van der Waals surface area contributed by atoms with Crippen LogP contribution in [0.1, 0.15) is 32.4 Å². The third-order valence-electron chi connectivity index (χ3n) is 3.22. The van der Waals surface area contributed by atoms with Crippen molar-refractivity contribution in [1.29, 1.82) is 0 Å². The van der Waals surface area contributed by atoms with Crippen LogP contribution in [0.2, 0.25) is 0 Å². The zero-order valence-electron chi connectivity index (χ0n) is 11.8. The molecule has 5 nitrogen and oxygen atoms in total. The Bertz CT molecular complexity index is 444. The van der Waals surface area contributed by atoms with Gasteiger partial charge in [0.25, 0.3) is 0 Å². The summed E-state index contributed by atoms with van der Waals surface area (Å²) < 4.78 is 0. The third-order valence-corrected chi connectivity index (χ3v) is 3.22. The summed E-state index contributed by atoms with van der Waals surface area (Å²) in [6, 6.07) is 6.74. The normalized spacial score (nSPS) is 12.9. The molecule has 0 radical (unpaired) electrons. The molecule has 0 heterocycles. The molecule has 0 saturated carbocycles. The molecule has 0 saturated heterocycles. The summed E-state index contributed by atoms with van der Waals surface area (Å²) >= 11 is 0. The van der Waals surface area contributed by atoms with E-state index >= 15 is 0 Å². The number of hydrogen-bond acceptors (Lipinski definition) is 3. The average Bonchev–Trinajstić information content (AvgIpc) is 2.38. The van der Waals surface area contributed by atoms with E-state index in [4.69, 9.17) is 0 Å². The Labute approximate surface area is 113 Å². The molecule has 0 aliphatic carbocycles. The molecule has 1 unspecified atom stereocenters. The highest BCUT2D eigenvalue weighted by Crippen LogP contribution is 2.18. The fraction of sp³-hybridized carbons (Fsp3) is 0.500. The molecule has 0 aliphatic rings. The lowest BCUT2D eigenvalue weighted by Gasteiger charge is -2.33. The van der Waals surface area contributed by atoms with Crippen molar-refractivity contribution in [3.05, 3.63) is 29.8 Å². The van der Waals surface area contributed by atoms with Gasteiger partial charge in [-0.3, -0.25) is 0 Å². The SMILES string of the molecule is CC(O)c1cccc(NC(=O)N(C)C(C)(C)CO)c1. The van der Waals surface area contributed by atoms with Gasteiger partial charge >= 0.3 is 6.03 Å². The standard InChI is InChI=1S/C14H22N2O3/c1-10(18)11-6-5-7-12(8-11)15-13(19)16(4)14(2,3)9-17/h5-8,10,17-18H,9H2,1-4H3,(H,15,19). The van der Waals surface area contributed by atoms with Gasteiger partial charge in [-0.25, -0.2) is 4.79 Å². The van der Waals surface area contributed by atoms with Gasteiger partial charge in [0.15, 0.2) is 0 Å². The molecule has 0 spiro atoms. The number of anilines is 1. The van der Waals surface area contributed by atoms with Crippen LogP contribution < -0.4 is 5.32 Å². The largest absolute Gasteiger partial charge is 0.394 e. The number of carbonyl (C=O) groups is 1. The Morgan fingerprint density at radius 2 is 2.11 bits per heavy atom. The quantitative estimate of drug-likeness (QED) is 0.780. The molecular formula is C14H22N2O3. The molecule has 2 amide bonds.